The predicted molar refractivity (Wildman–Crippen MR) is 129 cm³/mol. The second kappa shape index (κ2) is 9.92. The number of carbonyl (C=O) groups is 1. The second-order valence-electron chi connectivity index (χ2n) is 8.42. The first-order valence-corrected chi connectivity index (χ1v) is 11.5. The SMILES string of the molecule is COc1cccc(Oc2cc(C)nc(C3CCCCN3C(=O)c3cccc(-n4cnnc4)c3)n2)c1. The van der Waals surface area contributed by atoms with Crippen LogP contribution in [0.15, 0.2) is 67.3 Å². The van der Waals surface area contributed by atoms with E-state index in [4.69, 9.17) is 14.5 Å². The van der Waals surface area contributed by atoms with Gasteiger partial charge in [-0.25, -0.2) is 4.98 Å². The summed E-state index contributed by atoms with van der Waals surface area (Å²) >= 11 is 0. The topological polar surface area (TPSA) is 95.3 Å². The number of methoxy groups -OCH3 is 1. The number of benzene rings is 2. The Kier molecular flexibility index (Phi) is 6.38. The van der Waals surface area contributed by atoms with Crippen LogP contribution in [0, 0.1) is 6.92 Å². The van der Waals surface area contributed by atoms with Crippen molar-refractivity contribution in [3.05, 3.63) is 84.3 Å². The van der Waals surface area contributed by atoms with Crippen molar-refractivity contribution < 1.29 is 14.3 Å². The van der Waals surface area contributed by atoms with Crippen molar-refractivity contribution in [2.24, 2.45) is 0 Å². The Hall–Kier alpha value is -4.27. The quantitative estimate of drug-likeness (QED) is 0.408. The molecule has 0 radical (unpaired) electrons. The molecule has 1 atom stereocenters. The van der Waals surface area contributed by atoms with Gasteiger partial charge >= 0.3 is 0 Å². The zero-order valence-electron chi connectivity index (χ0n) is 19.7. The molecular weight excluding hydrogens is 444 g/mol. The zero-order chi connectivity index (χ0) is 24.2. The van der Waals surface area contributed by atoms with Crippen molar-refractivity contribution in [1.82, 2.24) is 29.6 Å². The van der Waals surface area contributed by atoms with E-state index >= 15 is 0 Å². The molecule has 1 unspecified atom stereocenters. The maximum atomic E-state index is 13.6. The molecule has 9 heteroatoms. The number of hydrogen-bond acceptors (Lipinski definition) is 7. The molecule has 4 aromatic rings. The number of carbonyl (C=O) groups excluding carboxylic acids is 1. The van der Waals surface area contributed by atoms with Gasteiger partial charge < -0.3 is 14.4 Å². The van der Waals surface area contributed by atoms with E-state index in [0.29, 0.717) is 35.3 Å². The summed E-state index contributed by atoms with van der Waals surface area (Å²) in [4.78, 5) is 24.9. The van der Waals surface area contributed by atoms with Crippen molar-refractivity contribution in [1.29, 1.82) is 0 Å². The standard InChI is InChI=1S/C26H26N6O3/c1-18-13-24(35-22-10-6-9-21(15-22)34-2)30-25(29-18)23-11-3-4-12-32(23)26(33)19-7-5-8-20(14-19)31-16-27-28-17-31/h5-10,13-17,23H,3-4,11-12H2,1-2H3. The van der Waals surface area contributed by atoms with Gasteiger partial charge in [-0.15, -0.1) is 10.2 Å². The van der Waals surface area contributed by atoms with Crippen molar-refractivity contribution >= 4 is 5.91 Å². The Bertz CT molecular complexity index is 1320. The van der Waals surface area contributed by atoms with Crippen LogP contribution in [-0.2, 0) is 0 Å². The van der Waals surface area contributed by atoms with Gasteiger partial charge in [-0.05, 0) is 56.5 Å². The summed E-state index contributed by atoms with van der Waals surface area (Å²) in [5.41, 5.74) is 2.21. The van der Waals surface area contributed by atoms with Crippen LogP contribution in [0.2, 0.25) is 0 Å². The molecule has 1 amide bonds. The molecule has 1 fully saturated rings. The fourth-order valence-electron chi connectivity index (χ4n) is 4.29. The van der Waals surface area contributed by atoms with E-state index in [-0.39, 0.29) is 11.9 Å². The van der Waals surface area contributed by atoms with Crippen LogP contribution in [0.5, 0.6) is 17.4 Å². The maximum absolute atomic E-state index is 13.6. The second-order valence-corrected chi connectivity index (χ2v) is 8.42. The average molecular weight is 471 g/mol. The fourth-order valence-corrected chi connectivity index (χ4v) is 4.29. The van der Waals surface area contributed by atoms with Gasteiger partial charge in [-0.3, -0.25) is 9.36 Å². The molecule has 0 aliphatic carbocycles. The highest BCUT2D eigenvalue weighted by Gasteiger charge is 2.31. The highest BCUT2D eigenvalue weighted by Crippen LogP contribution is 2.32. The average Bonchev–Trinajstić information content (AvgIpc) is 3.43. The largest absolute Gasteiger partial charge is 0.497 e. The van der Waals surface area contributed by atoms with Gasteiger partial charge in [0.05, 0.1) is 13.2 Å². The van der Waals surface area contributed by atoms with Crippen molar-refractivity contribution in [3.63, 3.8) is 0 Å². The summed E-state index contributed by atoms with van der Waals surface area (Å²) in [6.07, 6.45) is 5.94. The molecule has 35 heavy (non-hydrogen) atoms. The molecule has 0 saturated carbocycles. The number of likely N-dealkylation sites (tertiary alicyclic amines) is 1. The normalized spacial score (nSPS) is 15.6. The lowest BCUT2D eigenvalue weighted by atomic mass is 9.99. The van der Waals surface area contributed by atoms with Gasteiger partial charge in [0, 0.05) is 35.6 Å². The fraction of sp³-hybridized carbons (Fsp3) is 0.269. The number of hydrogen-bond donors (Lipinski definition) is 0. The zero-order valence-corrected chi connectivity index (χ0v) is 19.7. The van der Waals surface area contributed by atoms with Crippen molar-refractivity contribution in [2.75, 3.05) is 13.7 Å². The summed E-state index contributed by atoms with van der Waals surface area (Å²) in [7, 11) is 1.61. The number of amides is 1. The van der Waals surface area contributed by atoms with Crippen LogP contribution in [-0.4, -0.2) is 49.2 Å². The van der Waals surface area contributed by atoms with Gasteiger partial charge in [0.1, 0.15) is 24.2 Å². The van der Waals surface area contributed by atoms with E-state index in [1.54, 1.807) is 36.5 Å². The highest BCUT2D eigenvalue weighted by molar-refractivity contribution is 5.95. The number of aromatic nitrogens is 5. The Balaban J connectivity index is 1.42. The highest BCUT2D eigenvalue weighted by atomic mass is 16.5. The predicted octanol–water partition coefficient (Wildman–Crippen LogP) is 4.53. The Labute approximate surface area is 203 Å². The van der Waals surface area contributed by atoms with Gasteiger partial charge in [-0.2, -0.15) is 4.98 Å². The molecule has 1 aliphatic rings. The molecule has 1 aliphatic heterocycles. The third-order valence-corrected chi connectivity index (χ3v) is 5.98. The van der Waals surface area contributed by atoms with Gasteiger partial charge in [0.25, 0.3) is 5.91 Å². The molecule has 0 N–H and O–H groups in total. The van der Waals surface area contributed by atoms with E-state index in [1.807, 2.05) is 54.3 Å². The molecule has 0 bridgehead atoms. The lowest BCUT2D eigenvalue weighted by molar-refractivity contribution is 0.0598. The van der Waals surface area contributed by atoms with E-state index in [2.05, 4.69) is 15.2 Å². The molecule has 2 aromatic heterocycles. The van der Waals surface area contributed by atoms with Crippen LogP contribution in [0.3, 0.4) is 0 Å². The molecule has 1 saturated heterocycles. The van der Waals surface area contributed by atoms with Crippen molar-refractivity contribution in [3.8, 4) is 23.1 Å². The third-order valence-electron chi connectivity index (χ3n) is 5.98. The summed E-state index contributed by atoms with van der Waals surface area (Å²) in [6.45, 7) is 2.55. The van der Waals surface area contributed by atoms with E-state index < -0.39 is 0 Å². The molecule has 0 spiro atoms. The van der Waals surface area contributed by atoms with E-state index in [9.17, 15) is 4.79 Å². The van der Waals surface area contributed by atoms with E-state index in [0.717, 1.165) is 30.6 Å². The number of ether oxygens (including phenoxy) is 2. The number of piperidine rings is 1. The molecule has 178 valence electrons. The van der Waals surface area contributed by atoms with Crippen LogP contribution in [0.1, 0.15) is 47.2 Å². The molecular formula is C26H26N6O3. The van der Waals surface area contributed by atoms with Gasteiger partial charge in [-0.1, -0.05) is 12.1 Å². The molecule has 5 rings (SSSR count). The smallest absolute Gasteiger partial charge is 0.254 e. The van der Waals surface area contributed by atoms with E-state index in [1.165, 1.54) is 0 Å². The van der Waals surface area contributed by atoms with Crippen LogP contribution < -0.4 is 9.47 Å². The lowest BCUT2D eigenvalue weighted by Gasteiger charge is -2.35. The summed E-state index contributed by atoms with van der Waals surface area (Å²) < 4.78 is 13.1. The number of rotatable bonds is 6. The van der Waals surface area contributed by atoms with Crippen molar-refractivity contribution in [2.45, 2.75) is 32.2 Å². The Morgan fingerprint density at radius 2 is 1.77 bits per heavy atom. The lowest BCUT2D eigenvalue weighted by Crippen LogP contribution is -2.39. The molecule has 2 aromatic carbocycles. The third kappa shape index (κ3) is 4.98. The van der Waals surface area contributed by atoms with Gasteiger partial charge in [0.15, 0.2) is 5.82 Å². The summed E-state index contributed by atoms with van der Waals surface area (Å²) in [5.74, 6) is 2.30. The Morgan fingerprint density at radius 1 is 0.971 bits per heavy atom. The summed E-state index contributed by atoms with van der Waals surface area (Å²) in [6, 6.07) is 16.4. The minimum Gasteiger partial charge on any atom is -0.497 e. The first-order valence-electron chi connectivity index (χ1n) is 11.5. The van der Waals surface area contributed by atoms with Crippen LogP contribution in [0.25, 0.3) is 5.69 Å². The minimum absolute atomic E-state index is 0.0509. The van der Waals surface area contributed by atoms with Gasteiger partial charge in [0.2, 0.25) is 5.88 Å². The number of nitrogens with zero attached hydrogens (tertiary/aromatic N) is 6. The minimum atomic E-state index is -0.234. The first kappa shape index (κ1) is 22.5. The van der Waals surface area contributed by atoms with Crippen LogP contribution >= 0.6 is 0 Å². The summed E-state index contributed by atoms with van der Waals surface area (Å²) in [5, 5.41) is 7.71. The Morgan fingerprint density at radius 3 is 2.60 bits per heavy atom. The molecule has 9 nitrogen and oxygen atoms in total. The maximum Gasteiger partial charge on any atom is 0.254 e. The first-order chi connectivity index (χ1) is 17.1. The number of aryl methyl sites for hydroxylation is 1. The monoisotopic (exact) mass is 470 g/mol. The van der Waals surface area contributed by atoms with Crippen LogP contribution in [0.4, 0.5) is 0 Å². The molecule has 3 heterocycles.